The predicted octanol–water partition coefficient (Wildman–Crippen LogP) is 2.09. The molecule has 4 rings (SSSR count). The summed E-state index contributed by atoms with van der Waals surface area (Å²) in [5, 5.41) is 32.4. The highest BCUT2D eigenvalue weighted by Crippen LogP contribution is 2.67. The fourth-order valence-corrected chi connectivity index (χ4v) is 8.22. The van der Waals surface area contributed by atoms with Gasteiger partial charge >= 0.3 is 11.9 Å². The number of allylic oxidation sites excluding steroid dienone is 1. The number of hydrogen-bond donors (Lipinski definition) is 4. The average Bonchev–Trinajstić information content (AvgIpc) is 3.16. The minimum Gasteiger partial charge on any atom is -0.480 e. The molecule has 0 heterocycles. The molecule has 8 atom stereocenters. The number of aliphatic hydroxyl groups is 2. The number of aliphatic hydroxyl groups excluding tert-OH is 1. The molecule has 0 aromatic heterocycles. The summed E-state index contributed by atoms with van der Waals surface area (Å²) in [5.41, 5.74) is -0.985. The number of esters is 1. The summed E-state index contributed by atoms with van der Waals surface area (Å²) in [4.78, 5) is 60.7. The van der Waals surface area contributed by atoms with Gasteiger partial charge in [0.15, 0.2) is 18.4 Å². The van der Waals surface area contributed by atoms with Crippen LogP contribution in [-0.2, 0) is 28.7 Å². The Morgan fingerprint density at radius 2 is 1.74 bits per heavy atom. The summed E-state index contributed by atoms with van der Waals surface area (Å²) in [6.07, 6.45) is 5.63. The van der Waals surface area contributed by atoms with Crippen molar-refractivity contribution < 1.29 is 44.0 Å². The largest absolute Gasteiger partial charge is 0.480 e. The van der Waals surface area contributed by atoms with Gasteiger partial charge < -0.3 is 25.4 Å². The van der Waals surface area contributed by atoms with E-state index >= 15 is 0 Å². The number of carbonyl (C=O) groups excluding carboxylic acids is 4. The molecule has 4 aliphatic carbocycles. The number of hydrogen-bond acceptors (Lipinski definition) is 8. The second-order valence-electron chi connectivity index (χ2n) is 12.5. The van der Waals surface area contributed by atoms with Crippen molar-refractivity contribution in [1.82, 2.24) is 5.32 Å². The van der Waals surface area contributed by atoms with Gasteiger partial charge in [0.05, 0.1) is 12.5 Å². The third kappa shape index (κ3) is 5.17. The first-order valence-electron chi connectivity index (χ1n) is 14.1. The topological polar surface area (TPSA) is 167 Å². The number of rotatable bonds is 9. The highest BCUT2D eigenvalue weighted by Gasteiger charge is 2.66. The maximum absolute atomic E-state index is 13.3. The van der Waals surface area contributed by atoms with E-state index in [9.17, 15) is 34.2 Å². The molecule has 3 fully saturated rings. The lowest BCUT2D eigenvalue weighted by atomic mass is 9.46. The molecule has 0 aromatic rings. The molecule has 0 aliphatic heterocycles. The molecule has 0 aromatic carbocycles. The van der Waals surface area contributed by atoms with Crippen molar-refractivity contribution in [3.63, 3.8) is 0 Å². The van der Waals surface area contributed by atoms with Crippen molar-refractivity contribution in [3.8, 4) is 0 Å². The van der Waals surface area contributed by atoms with Crippen molar-refractivity contribution in [2.75, 3.05) is 6.61 Å². The van der Waals surface area contributed by atoms with Crippen LogP contribution in [0.1, 0.15) is 85.0 Å². The number of amides is 1. The van der Waals surface area contributed by atoms with E-state index in [1.165, 1.54) is 12.5 Å². The van der Waals surface area contributed by atoms with Crippen LogP contribution in [0.3, 0.4) is 0 Å². The Kier molecular flexibility index (Phi) is 8.11. The number of nitrogens with one attached hydrogen (secondary N) is 1. The fraction of sp³-hybridized carbons (Fsp3) is 0.759. The molecule has 0 saturated heterocycles. The summed E-state index contributed by atoms with van der Waals surface area (Å²) in [6.45, 7) is 4.91. The molecule has 1 amide bonds. The smallest absolute Gasteiger partial charge is 0.328 e. The molecule has 216 valence electrons. The van der Waals surface area contributed by atoms with Crippen LogP contribution in [0.4, 0.5) is 0 Å². The van der Waals surface area contributed by atoms with Crippen LogP contribution in [-0.4, -0.2) is 69.1 Å². The highest BCUT2D eigenvalue weighted by molar-refractivity contribution is 5.92. The predicted molar refractivity (Wildman–Crippen MR) is 138 cm³/mol. The number of aliphatic carboxylic acids is 1. The number of carbonyl (C=O) groups is 5. The molecule has 39 heavy (non-hydrogen) atoms. The van der Waals surface area contributed by atoms with Crippen LogP contribution in [0.2, 0.25) is 0 Å². The van der Waals surface area contributed by atoms with E-state index in [0.29, 0.717) is 31.1 Å². The van der Waals surface area contributed by atoms with E-state index in [1.54, 1.807) is 0 Å². The van der Waals surface area contributed by atoms with Crippen molar-refractivity contribution in [2.45, 2.75) is 103 Å². The van der Waals surface area contributed by atoms with E-state index < -0.39 is 53.4 Å². The van der Waals surface area contributed by atoms with Crippen LogP contribution < -0.4 is 5.32 Å². The van der Waals surface area contributed by atoms with Crippen LogP contribution in [0, 0.1) is 28.6 Å². The second kappa shape index (κ2) is 10.8. The number of carboxylic acids is 1. The Balaban J connectivity index is 1.34. The number of carboxylic acid groups (broad SMARTS) is 1. The van der Waals surface area contributed by atoms with Crippen LogP contribution >= 0.6 is 0 Å². The first-order chi connectivity index (χ1) is 18.2. The van der Waals surface area contributed by atoms with E-state index in [0.717, 1.165) is 32.1 Å². The van der Waals surface area contributed by atoms with E-state index in [4.69, 9.17) is 9.84 Å². The van der Waals surface area contributed by atoms with Crippen molar-refractivity contribution in [2.24, 2.45) is 28.6 Å². The zero-order valence-corrected chi connectivity index (χ0v) is 23.0. The molecule has 0 bridgehead atoms. The molecule has 4 N–H and O–H groups in total. The number of ether oxygens (including phenoxy) is 1. The lowest BCUT2D eigenvalue weighted by molar-refractivity contribution is -0.170. The molecule has 0 radical (unpaired) electrons. The molecule has 10 heteroatoms. The Morgan fingerprint density at radius 3 is 2.41 bits per heavy atom. The van der Waals surface area contributed by atoms with Gasteiger partial charge in [-0.25, -0.2) is 4.79 Å². The summed E-state index contributed by atoms with van der Waals surface area (Å²) in [5.74, 6) is -2.33. The van der Waals surface area contributed by atoms with Gasteiger partial charge in [-0.2, -0.15) is 0 Å². The molecule has 4 aliphatic rings. The Hall–Kier alpha value is -2.59. The zero-order chi connectivity index (χ0) is 28.8. The van der Waals surface area contributed by atoms with Crippen LogP contribution in [0.5, 0.6) is 0 Å². The highest BCUT2D eigenvalue weighted by atomic mass is 16.5. The van der Waals surface area contributed by atoms with E-state index in [-0.39, 0.29) is 30.0 Å². The molecular weight excluding hydrogens is 506 g/mol. The molecule has 0 spiro atoms. The fourth-order valence-electron chi connectivity index (χ4n) is 8.22. The SMILES string of the molecule is CC(O)C(NC(=O)CCC(=O)OCC(=O)[C@@]1(O)CC[C@H]2[C@@H]3CCC4=CC(=O)CC[C@]4(C)[C@H]3CC[C@@]21C)C(=O)O. The zero-order valence-electron chi connectivity index (χ0n) is 23.0. The Labute approximate surface area is 228 Å². The van der Waals surface area contributed by atoms with E-state index in [2.05, 4.69) is 12.2 Å². The minimum absolute atomic E-state index is 0.00953. The standard InChI is InChI=1S/C29H41NO9/c1-16(31)25(26(36)37)30-23(34)6-7-24(35)39-15-22(33)29(38)13-10-21-19-5-4-17-14-18(32)8-11-27(17,2)20(19)9-12-28(21,29)3/h14,16,19-21,25,31,38H,4-13,15H2,1-3H3,(H,30,34)(H,36,37)/t16?,19-,20+,21+,25?,27+,28+,29+/m1/s1. The Morgan fingerprint density at radius 1 is 1.05 bits per heavy atom. The summed E-state index contributed by atoms with van der Waals surface area (Å²) < 4.78 is 5.13. The lowest BCUT2D eigenvalue weighted by Crippen LogP contribution is -2.58. The molecule has 2 unspecified atom stereocenters. The monoisotopic (exact) mass is 547 g/mol. The maximum Gasteiger partial charge on any atom is 0.328 e. The van der Waals surface area contributed by atoms with Gasteiger partial charge in [-0.15, -0.1) is 0 Å². The first kappa shape index (κ1) is 29.4. The van der Waals surface area contributed by atoms with Gasteiger partial charge in [0.2, 0.25) is 11.7 Å². The minimum atomic E-state index is -1.61. The van der Waals surface area contributed by atoms with Crippen LogP contribution in [0.25, 0.3) is 0 Å². The second-order valence-corrected chi connectivity index (χ2v) is 12.5. The van der Waals surface area contributed by atoms with Crippen molar-refractivity contribution in [1.29, 1.82) is 0 Å². The number of fused-ring (bicyclic) bond motifs is 5. The quantitative estimate of drug-likeness (QED) is 0.316. The third-order valence-electron chi connectivity index (χ3n) is 10.6. The number of ketones is 2. The van der Waals surface area contributed by atoms with Crippen LogP contribution in [0.15, 0.2) is 11.6 Å². The van der Waals surface area contributed by atoms with Gasteiger partial charge in [-0.05, 0) is 81.1 Å². The summed E-state index contributed by atoms with van der Waals surface area (Å²) in [7, 11) is 0. The molecular formula is C29H41NO9. The van der Waals surface area contributed by atoms with Gasteiger partial charge in [-0.3, -0.25) is 19.2 Å². The normalized spacial score (nSPS) is 36.9. The first-order valence-corrected chi connectivity index (χ1v) is 14.1. The number of Topliss-reactive ketones (excluding diaryl/α,β-unsaturated/α-hetero) is 1. The summed E-state index contributed by atoms with van der Waals surface area (Å²) >= 11 is 0. The van der Waals surface area contributed by atoms with Gasteiger partial charge in [-0.1, -0.05) is 19.4 Å². The van der Waals surface area contributed by atoms with Crippen molar-refractivity contribution >= 4 is 29.4 Å². The Bertz CT molecular complexity index is 1080. The van der Waals surface area contributed by atoms with Gasteiger partial charge in [0, 0.05) is 18.3 Å². The van der Waals surface area contributed by atoms with Gasteiger partial charge in [0.1, 0.15) is 5.60 Å². The lowest BCUT2D eigenvalue weighted by Gasteiger charge is -2.58. The molecule has 10 nitrogen and oxygen atoms in total. The summed E-state index contributed by atoms with van der Waals surface area (Å²) in [6, 6.07) is -1.49. The van der Waals surface area contributed by atoms with Crippen molar-refractivity contribution in [3.05, 3.63) is 11.6 Å². The molecule has 3 saturated carbocycles. The third-order valence-corrected chi connectivity index (χ3v) is 10.6. The average molecular weight is 548 g/mol. The van der Waals surface area contributed by atoms with Gasteiger partial charge in [0.25, 0.3) is 0 Å². The maximum atomic E-state index is 13.3. The van der Waals surface area contributed by atoms with E-state index in [1.807, 2.05) is 13.0 Å².